The summed E-state index contributed by atoms with van der Waals surface area (Å²) < 4.78 is 24.3. The first-order chi connectivity index (χ1) is 4.26. The Kier molecular flexibility index (Phi) is 0.903. The lowest BCUT2D eigenvalue weighted by molar-refractivity contribution is 0.0642. The molecule has 0 unspecified atom stereocenters. The molecule has 0 amide bonds. The highest BCUT2D eigenvalue weighted by molar-refractivity contribution is 5.10. The van der Waals surface area contributed by atoms with Gasteiger partial charge in [0, 0.05) is 12.0 Å². The van der Waals surface area contributed by atoms with Gasteiger partial charge in [-0.25, -0.2) is 8.78 Å². The fourth-order valence-corrected chi connectivity index (χ4v) is 1.72. The molecule has 0 bridgehead atoms. The van der Waals surface area contributed by atoms with Crippen molar-refractivity contribution < 1.29 is 8.78 Å². The van der Waals surface area contributed by atoms with Crippen LogP contribution < -0.4 is 5.32 Å². The van der Waals surface area contributed by atoms with Gasteiger partial charge in [-0.1, -0.05) is 0 Å². The standard InChI is InChI=1S/C6H9F2N/c7-5(8)6-1-4(6)2-9-3-6/h4-5,9H,1-3H2/t4-,6+/m1/s1. The van der Waals surface area contributed by atoms with E-state index in [1.165, 1.54) is 0 Å². The number of rotatable bonds is 1. The quantitative estimate of drug-likeness (QED) is 0.559. The Balaban J connectivity index is 2.10. The fraction of sp³-hybridized carbons (Fsp3) is 1.00. The van der Waals surface area contributed by atoms with E-state index < -0.39 is 11.8 Å². The van der Waals surface area contributed by atoms with Crippen molar-refractivity contribution in [1.82, 2.24) is 5.32 Å². The van der Waals surface area contributed by atoms with Crippen LogP contribution >= 0.6 is 0 Å². The predicted octanol–water partition coefficient (Wildman–Crippen LogP) is 0.861. The molecule has 2 aliphatic rings. The highest BCUT2D eigenvalue weighted by Crippen LogP contribution is 2.58. The van der Waals surface area contributed by atoms with Crippen molar-refractivity contribution in [3.8, 4) is 0 Å². The van der Waals surface area contributed by atoms with Crippen LogP contribution in [0, 0.1) is 11.3 Å². The lowest BCUT2D eigenvalue weighted by Gasteiger charge is -2.07. The minimum absolute atomic E-state index is 0.289. The molecule has 2 atom stereocenters. The number of hydrogen-bond donors (Lipinski definition) is 1. The third-order valence-corrected chi connectivity index (χ3v) is 2.56. The minimum Gasteiger partial charge on any atom is -0.316 e. The topological polar surface area (TPSA) is 12.0 Å². The van der Waals surface area contributed by atoms with Gasteiger partial charge in [0.2, 0.25) is 6.43 Å². The smallest absolute Gasteiger partial charge is 0.245 e. The van der Waals surface area contributed by atoms with Crippen LogP contribution in [0.4, 0.5) is 8.78 Å². The molecule has 1 N–H and O–H groups in total. The van der Waals surface area contributed by atoms with E-state index >= 15 is 0 Å². The van der Waals surface area contributed by atoms with Crippen molar-refractivity contribution in [2.45, 2.75) is 12.8 Å². The van der Waals surface area contributed by atoms with E-state index in [0.29, 0.717) is 6.54 Å². The third-order valence-electron chi connectivity index (χ3n) is 2.56. The highest BCUT2D eigenvalue weighted by atomic mass is 19.3. The van der Waals surface area contributed by atoms with E-state index in [1.807, 2.05) is 0 Å². The van der Waals surface area contributed by atoms with Gasteiger partial charge >= 0.3 is 0 Å². The third kappa shape index (κ3) is 0.556. The van der Waals surface area contributed by atoms with Crippen molar-refractivity contribution in [3.05, 3.63) is 0 Å². The average Bonchev–Trinajstić information content (AvgIpc) is 2.38. The SMILES string of the molecule is FC(F)[C@@]12CNC[C@H]1C2. The Bertz CT molecular complexity index is 133. The molecular weight excluding hydrogens is 124 g/mol. The molecule has 2 rings (SSSR count). The summed E-state index contributed by atoms with van der Waals surface area (Å²) in [6.45, 7) is 1.35. The van der Waals surface area contributed by atoms with Gasteiger partial charge < -0.3 is 5.32 Å². The van der Waals surface area contributed by atoms with Gasteiger partial charge in [-0.3, -0.25) is 0 Å². The minimum atomic E-state index is -2.10. The summed E-state index contributed by atoms with van der Waals surface area (Å²) in [7, 11) is 0. The Hall–Kier alpha value is -0.180. The average molecular weight is 133 g/mol. The van der Waals surface area contributed by atoms with Gasteiger partial charge in [-0.2, -0.15) is 0 Å². The zero-order valence-electron chi connectivity index (χ0n) is 5.03. The molecule has 1 saturated carbocycles. The van der Waals surface area contributed by atoms with Crippen molar-refractivity contribution in [1.29, 1.82) is 0 Å². The zero-order chi connectivity index (χ0) is 6.48. The molecular formula is C6H9F2N. The zero-order valence-corrected chi connectivity index (χ0v) is 5.03. The molecule has 0 radical (unpaired) electrons. The molecule has 0 aromatic heterocycles. The van der Waals surface area contributed by atoms with Crippen LogP contribution in [0.15, 0.2) is 0 Å². The molecule has 1 heterocycles. The van der Waals surface area contributed by atoms with Crippen LogP contribution in [0.3, 0.4) is 0 Å². The molecule has 2 fully saturated rings. The van der Waals surface area contributed by atoms with Crippen LogP contribution in [-0.4, -0.2) is 19.5 Å². The summed E-state index contributed by atoms with van der Waals surface area (Å²) in [6, 6.07) is 0. The first-order valence-corrected chi connectivity index (χ1v) is 3.24. The molecule has 0 aromatic rings. The Morgan fingerprint density at radius 1 is 1.56 bits per heavy atom. The largest absolute Gasteiger partial charge is 0.316 e. The molecule has 52 valence electrons. The maximum Gasteiger partial charge on any atom is 0.245 e. The van der Waals surface area contributed by atoms with E-state index in [4.69, 9.17) is 0 Å². The van der Waals surface area contributed by atoms with Crippen molar-refractivity contribution in [2.24, 2.45) is 11.3 Å². The lowest BCUT2D eigenvalue weighted by atomic mass is 10.1. The van der Waals surface area contributed by atoms with Gasteiger partial charge in [0.1, 0.15) is 0 Å². The van der Waals surface area contributed by atoms with Gasteiger partial charge in [0.25, 0.3) is 0 Å². The highest BCUT2D eigenvalue weighted by Gasteiger charge is 2.63. The summed E-state index contributed by atoms with van der Waals surface area (Å²) in [5.41, 5.74) is -0.583. The number of halogens is 2. The summed E-state index contributed by atoms with van der Waals surface area (Å²) >= 11 is 0. The first-order valence-electron chi connectivity index (χ1n) is 3.24. The summed E-state index contributed by atoms with van der Waals surface area (Å²) in [4.78, 5) is 0. The van der Waals surface area contributed by atoms with Crippen molar-refractivity contribution >= 4 is 0 Å². The monoisotopic (exact) mass is 133 g/mol. The second-order valence-electron chi connectivity index (χ2n) is 3.07. The molecule has 3 heteroatoms. The van der Waals surface area contributed by atoms with Gasteiger partial charge in [0.15, 0.2) is 0 Å². The second-order valence-corrected chi connectivity index (χ2v) is 3.07. The van der Waals surface area contributed by atoms with Crippen LogP contribution in [0.2, 0.25) is 0 Å². The summed E-state index contributed by atoms with van der Waals surface area (Å²) in [5.74, 6) is 0.289. The van der Waals surface area contributed by atoms with Gasteiger partial charge in [-0.05, 0) is 18.9 Å². The lowest BCUT2D eigenvalue weighted by Crippen LogP contribution is -2.21. The Morgan fingerprint density at radius 2 is 2.33 bits per heavy atom. The molecule has 1 aliphatic carbocycles. The molecule has 1 saturated heterocycles. The number of fused-ring (bicyclic) bond motifs is 1. The van der Waals surface area contributed by atoms with Gasteiger partial charge in [0.05, 0.1) is 0 Å². The number of piperidine rings is 1. The van der Waals surface area contributed by atoms with Crippen LogP contribution in [0.5, 0.6) is 0 Å². The molecule has 1 nitrogen and oxygen atoms in total. The predicted molar refractivity (Wildman–Crippen MR) is 29.4 cm³/mol. The number of hydrogen-bond acceptors (Lipinski definition) is 1. The first kappa shape index (κ1) is 5.59. The van der Waals surface area contributed by atoms with E-state index in [0.717, 1.165) is 13.0 Å². The maximum absolute atomic E-state index is 12.1. The van der Waals surface area contributed by atoms with Crippen molar-refractivity contribution in [2.75, 3.05) is 13.1 Å². The molecule has 9 heavy (non-hydrogen) atoms. The fourth-order valence-electron chi connectivity index (χ4n) is 1.72. The molecule has 1 aliphatic heterocycles. The molecule has 0 spiro atoms. The van der Waals surface area contributed by atoms with E-state index in [9.17, 15) is 8.78 Å². The van der Waals surface area contributed by atoms with E-state index in [1.54, 1.807) is 0 Å². The summed E-state index contributed by atoms with van der Waals surface area (Å²) in [6.07, 6.45) is -1.35. The van der Waals surface area contributed by atoms with Crippen molar-refractivity contribution in [3.63, 3.8) is 0 Å². The number of nitrogens with one attached hydrogen (secondary N) is 1. The van der Waals surface area contributed by atoms with E-state index in [2.05, 4.69) is 5.32 Å². The van der Waals surface area contributed by atoms with Gasteiger partial charge in [-0.15, -0.1) is 0 Å². The van der Waals surface area contributed by atoms with Crippen LogP contribution in [0.25, 0.3) is 0 Å². The second kappa shape index (κ2) is 1.45. The normalized spacial score (nSPS) is 47.7. The maximum atomic E-state index is 12.1. The van der Waals surface area contributed by atoms with Crippen LogP contribution in [0.1, 0.15) is 6.42 Å². The molecule has 0 aromatic carbocycles. The Labute approximate surface area is 52.4 Å². The number of alkyl halides is 2. The summed E-state index contributed by atoms with van der Waals surface area (Å²) in [5, 5.41) is 2.96. The van der Waals surface area contributed by atoms with Crippen LogP contribution in [-0.2, 0) is 0 Å². The Morgan fingerprint density at radius 3 is 2.56 bits per heavy atom. The van der Waals surface area contributed by atoms with E-state index in [-0.39, 0.29) is 5.92 Å².